The maximum atomic E-state index is 12.7. The molecule has 0 saturated heterocycles. The highest BCUT2D eigenvalue weighted by Gasteiger charge is 2.20. The highest BCUT2D eigenvalue weighted by atomic mass is 19.1. The molecule has 0 saturated carbocycles. The van der Waals surface area contributed by atoms with Gasteiger partial charge in [-0.25, -0.2) is 14.2 Å². The van der Waals surface area contributed by atoms with E-state index >= 15 is 0 Å². The van der Waals surface area contributed by atoms with Crippen molar-refractivity contribution in [3.63, 3.8) is 0 Å². The fourth-order valence-electron chi connectivity index (χ4n) is 1.45. The van der Waals surface area contributed by atoms with E-state index < -0.39 is 28.0 Å². The summed E-state index contributed by atoms with van der Waals surface area (Å²) in [5, 5.41) is 19.6. The summed E-state index contributed by atoms with van der Waals surface area (Å²) in [5.74, 6) is -1.91. The highest BCUT2D eigenvalue weighted by molar-refractivity contribution is 5.92. The average Bonchev–Trinajstić information content (AvgIpc) is 2.41. The standard InChI is InChI=1S/C12H7FN2O5/c13-7-1-4-11(14-6-7)20-8-2-3-10(15(18)19)9(5-8)12(16)17/h1-6H,(H,16,17). The van der Waals surface area contributed by atoms with Gasteiger partial charge in [0.15, 0.2) is 0 Å². The molecule has 0 aliphatic carbocycles. The second kappa shape index (κ2) is 5.31. The Bertz CT molecular complexity index is 672. The number of aromatic nitrogens is 1. The van der Waals surface area contributed by atoms with Crippen molar-refractivity contribution in [3.05, 3.63) is 58.0 Å². The maximum Gasteiger partial charge on any atom is 0.342 e. The lowest BCUT2D eigenvalue weighted by Gasteiger charge is -2.05. The van der Waals surface area contributed by atoms with E-state index in [9.17, 15) is 19.3 Å². The third-order valence-corrected chi connectivity index (χ3v) is 2.32. The zero-order valence-electron chi connectivity index (χ0n) is 9.82. The predicted octanol–water partition coefficient (Wildman–Crippen LogP) is 2.62. The summed E-state index contributed by atoms with van der Waals surface area (Å²) < 4.78 is 17.9. The van der Waals surface area contributed by atoms with E-state index in [1.165, 1.54) is 12.1 Å². The lowest BCUT2D eigenvalue weighted by atomic mass is 10.1. The quantitative estimate of drug-likeness (QED) is 0.681. The van der Waals surface area contributed by atoms with Crippen molar-refractivity contribution in [2.24, 2.45) is 0 Å². The minimum atomic E-state index is -1.45. The van der Waals surface area contributed by atoms with Gasteiger partial charge in [0.2, 0.25) is 5.88 Å². The van der Waals surface area contributed by atoms with E-state index in [0.29, 0.717) is 0 Å². The van der Waals surface area contributed by atoms with E-state index in [1.807, 2.05) is 0 Å². The molecule has 0 radical (unpaired) electrons. The Hall–Kier alpha value is -3.03. The van der Waals surface area contributed by atoms with Crippen LogP contribution in [0.15, 0.2) is 36.5 Å². The molecule has 1 heterocycles. The number of rotatable bonds is 4. The molecule has 0 aliphatic heterocycles. The van der Waals surface area contributed by atoms with Gasteiger partial charge < -0.3 is 9.84 Å². The number of nitrogens with zero attached hydrogens (tertiary/aromatic N) is 2. The Labute approximate surface area is 111 Å². The summed E-state index contributed by atoms with van der Waals surface area (Å²) >= 11 is 0. The average molecular weight is 278 g/mol. The molecule has 0 fully saturated rings. The maximum absolute atomic E-state index is 12.7. The summed E-state index contributed by atoms with van der Waals surface area (Å²) in [6.45, 7) is 0. The van der Waals surface area contributed by atoms with Crippen molar-refractivity contribution in [2.75, 3.05) is 0 Å². The lowest BCUT2D eigenvalue weighted by Crippen LogP contribution is -2.03. The van der Waals surface area contributed by atoms with E-state index in [1.54, 1.807) is 0 Å². The van der Waals surface area contributed by atoms with Gasteiger partial charge in [-0.1, -0.05) is 0 Å². The Balaban J connectivity index is 2.34. The monoisotopic (exact) mass is 278 g/mol. The van der Waals surface area contributed by atoms with Crippen LogP contribution in [0.4, 0.5) is 10.1 Å². The van der Waals surface area contributed by atoms with Crippen molar-refractivity contribution in [3.8, 4) is 11.6 Å². The molecule has 8 heteroatoms. The van der Waals surface area contributed by atoms with Gasteiger partial charge in [-0.15, -0.1) is 0 Å². The minimum Gasteiger partial charge on any atom is -0.477 e. The second-order valence-corrected chi connectivity index (χ2v) is 3.66. The van der Waals surface area contributed by atoms with Gasteiger partial charge in [0.25, 0.3) is 5.69 Å². The highest BCUT2D eigenvalue weighted by Crippen LogP contribution is 2.26. The van der Waals surface area contributed by atoms with Crippen LogP contribution in [-0.2, 0) is 0 Å². The first-order valence-electron chi connectivity index (χ1n) is 5.28. The first-order valence-corrected chi connectivity index (χ1v) is 5.28. The number of ether oxygens (including phenoxy) is 1. The number of carboxylic acids is 1. The molecule has 1 aromatic carbocycles. The van der Waals surface area contributed by atoms with E-state index in [4.69, 9.17) is 9.84 Å². The third kappa shape index (κ3) is 2.86. The number of nitro groups is 1. The van der Waals surface area contributed by atoms with Crippen LogP contribution in [0.2, 0.25) is 0 Å². The molecule has 1 aromatic heterocycles. The molecular weight excluding hydrogens is 271 g/mol. The Morgan fingerprint density at radius 2 is 2.10 bits per heavy atom. The number of hydrogen-bond donors (Lipinski definition) is 1. The first-order chi connectivity index (χ1) is 9.47. The van der Waals surface area contributed by atoms with Gasteiger partial charge >= 0.3 is 5.97 Å². The topological polar surface area (TPSA) is 103 Å². The fraction of sp³-hybridized carbons (Fsp3) is 0. The summed E-state index contributed by atoms with van der Waals surface area (Å²) in [6.07, 6.45) is 0.929. The normalized spacial score (nSPS) is 10.1. The Morgan fingerprint density at radius 3 is 2.65 bits per heavy atom. The molecule has 0 atom stereocenters. The van der Waals surface area contributed by atoms with Crippen LogP contribution in [0.3, 0.4) is 0 Å². The van der Waals surface area contributed by atoms with Crippen molar-refractivity contribution >= 4 is 11.7 Å². The lowest BCUT2D eigenvalue weighted by molar-refractivity contribution is -0.385. The van der Waals surface area contributed by atoms with Gasteiger partial charge in [0.05, 0.1) is 11.1 Å². The molecule has 0 amide bonds. The van der Waals surface area contributed by atoms with Gasteiger partial charge in [-0.2, -0.15) is 0 Å². The van der Waals surface area contributed by atoms with Gasteiger partial charge in [0.1, 0.15) is 17.1 Å². The van der Waals surface area contributed by atoms with Crippen LogP contribution in [0.25, 0.3) is 0 Å². The molecule has 1 N–H and O–H groups in total. The Morgan fingerprint density at radius 1 is 1.35 bits per heavy atom. The van der Waals surface area contributed by atoms with Crippen LogP contribution in [-0.4, -0.2) is 21.0 Å². The largest absolute Gasteiger partial charge is 0.477 e. The summed E-state index contributed by atoms with van der Waals surface area (Å²) in [4.78, 5) is 24.5. The molecule has 0 aliphatic rings. The minimum absolute atomic E-state index is 0.0385. The number of carboxylic acid groups (broad SMARTS) is 1. The van der Waals surface area contributed by atoms with Gasteiger partial charge in [-0.05, 0) is 12.1 Å². The predicted molar refractivity (Wildman–Crippen MR) is 64.3 cm³/mol. The van der Waals surface area contributed by atoms with Crippen molar-refractivity contribution in [2.45, 2.75) is 0 Å². The summed E-state index contributed by atoms with van der Waals surface area (Å²) in [5.41, 5.74) is -1.05. The molecule has 0 unspecified atom stereocenters. The van der Waals surface area contributed by atoms with Crippen LogP contribution >= 0.6 is 0 Å². The molecule has 20 heavy (non-hydrogen) atoms. The third-order valence-electron chi connectivity index (χ3n) is 2.32. The molecule has 2 rings (SSSR count). The number of benzene rings is 1. The number of carbonyl (C=O) groups is 1. The smallest absolute Gasteiger partial charge is 0.342 e. The fourth-order valence-corrected chi connectivity index (χ4v) is 1.45. The second-order valence-electron chi connectivity index (χ2n) is 3.66. The van der Waals surface area contributed by atoms with Crippen molar-refractivity contribution < 1.29 is 24.0 Å². The van der Waals surface area contributed by atoms with Crippen molar-refractivity contribution in [1.82, 2.24) is 4.98 Å². The number of hydrogen-bond acceptors (Lipinski definition) is 5. The molecule has 0 bridgehead atoms. The molecule has 7 nitrogen and oxygen atoms in total. The molecule has 102 valence electrons. The molecule has 2 aromatic rings. The van der Waals surface area contributed by atoms with Crippen LogP contribution < -0.4 is 4.74 Å². The number of aromatic carboxylic acids is 1. The van der Waals surface area contributed by atoms with E-state index in [0.717, 1.165) is 24.4 Å². The van der Waals surface area contributed by atoms with Gasteiger partial charge in [0, 0.05) is 18.2 Å². The SMILES string of the molecule is O=C(O)c1cc(Oc2ccc(F)cn2)ccc1[N+](=O)[O-]. The number of nitro benzene ring substituents is 1. The van der Waals surface area contributed by atoms with Gasteiger partial charge in [-0.3, -0.25) is 10.1 Å². The van der Waals surface area contributed by atoms with E-state index in [2.05, 4.69) is 4.98 Å². The van der Waals surface area contributed by atoms with Crippen molar-refractivity contribution in [1.29, 1.82) is 0 Å². The summed E-state index contributed by atoms with van der Waals surface area (Å²) in [7, 11) is 0. The van der Waals surface area contributed by atoms with Crippen LogP contribution in [0.1, 0.15) is 10.4 Å². The first kappa shape index (κ1) is 13.4. The van der Waals surface area contributed by atoms with Crippen LogP contribution in [0.5, 0.6) is 11.6 Å². The van der Waals surface area contributed by atoms with E-state index in [-0.39, 0.29) is 11.6 Å². The zero-order valence-corrected chi connectivity index (χ0v) is 9.82. The molecule has 0 spiro atoms. The number of pyridine rings is 1. The molecular formula is C12H7FN2O5. The zero-order chi connectivity index (χ0) is 14.7. The summed E-state index contributed by atoms with van der Waals surface area (Å²) in [6, 6.07) is 5.62. The van der Waals surface area contributed by atoms with Crippen LogP contribution in [0, 0.1) is 15.9 Å². The number of halogens is 1. The Kier molecular flexibility index (Phi) is 3.56.